The van der Waals surface area contributed by atoms with Crippen molar-refractivity contribution in [3.8, 4) is 5.75 Å². The molecule has 1 aliphatic rings. The average Bonchev–Trinajstić information content (AvgIpc) is 3.20. The average molecular weight is 409 g/mol. The Morgan fingerprint density at radius 1 is 1.30 bits per heavy atom. The van der Waals surface area contributed by atoms with Crippen LogP contribution in [0.4, 0.5) is 5.69 Å². The molecule has 1 saturated heterocycles. The molecule has 27 heavy (non-hydrogen) atoms. The largest absolute Gasteiger partial charge is 0.495 e. The molecule has 1 aliphatic heterocycles. The van der Waals surface area contributed by atoms with E-state index >= 15 is 0 Å². The first kappa shape index (κ1) is 19.6. The molecule has 7 nitrogen and oxygen atoms in total. The molecule has 2 aromatic rings. The number of nitrogens with one attached hydrogen (secondary N) is 1. The highest BCUT2D eigenvalue weighted by Crippen LogP contribution is 2.29. The third-order valence-electron chi connectivity index (χ3n) is 3.98. The Labute approximate surface area is 162 Å². The molecule has 3 rings (SSSR count). The van der Waals surface area contributed by atoms with E-state index < -0.39 is 10.0 Å². The van der Waals surface area contributed by atoms with Gasteiger partial charge in [-0.25, -0.2) is 8.42 Å². The van der Waals surface area contributed by atoms with Gasteiger partial charge in [-0.05, 0) is 35.7 Å². The van der Waals surface area contributed by atoms with Crippen LogP contribution in [0.3, 0.4) is 0 Å². The minimum absolute atomic E-state index is 0.0998. The fraction of sp³-hybridized carbons (Fsp3) is 0.278. The molecule has 0 unspecified atom stereocenters. The Morgan fingerprint density at radius 2 is 2.07 bits per heavy atom. The van der Waals surface area contributed by atoms with E-state index in [2.05, 4.69) is 5.32 Å². The molecule has 0 spiro atoms. The van der Waals surface area contributed by atoms with E-state index in [-0.39, 0.29) is 10.8 Å². The molecular weight excluding hydrogens is 388 g/mol. The first-order valence-electron chi connectivity index (χ1n) is 8.29. The number of thiophene rings is 1. The number of amides is 1. The van der Waals surface area contributed by atoms with Crippen LogP contribution in [-0.2, 0) is 19.6 Å². The van der Waals surface area contributed by atoms with E-state index in [0.29, 0.717) is 37.7 Å². The minimum Gasteiger partial charge on any atom is -0.495 e. The number of hydrogen-bond acceptors (Lipinski definition) is 6. The number of carbonyl (C=O) groups is 1. The van der Waals surface area contributed by atoms with Crippen molar-refractivity contribution in [3.05, 3.63) is 46.7 Å². The second-order valence-corrected chi connectivity index (χ2v) is 8.63. The van der Waals surface area contributed by atoms with Crippen molar-refractivity contribution in [2.24, 2.45) is 0 Å². The van der Waals surface area contributed by atoms with Crippen LogP contribution in [0.5, 0.6) is 5.75 Å². The van der Waals surface area contributed by atoms with Crippen molar-refractivity contribution in [1.82, 2.24) is 4.31 Å². The van der Waals surface area contributed by atoms with Crippen molar-refractivity contribution < 1.29 is 22.7 Å². The monoisotopic (exact) mass is 408 g/mol. The summed E-state index contributed by atoms with van der Waals surface area (Å²) in [5.74, 6) is 0.0106. The lowest BCUT2D eigenvalue weighted by molar-refractivity contribution is -0.111. The number of rotatable bonds is 6. The highest BCUT2D eigenvalue weighted by Gasteiger charge is 2.27. The summed E-state index contributed by atoms with van der Waals surface area (Å²) in [6.45, 7) is 1.35. The molecule has 1 aromatic heterocycles. The Balaban J connectivity index is 1.82. The van der Waals surface area contributed by atoms with Gasteiger partial charge in [-0.1, -0.05) is 6.07 Å². The van der Waals surface area contributed by atoms with Crippen molar-refractivity contribution in [3.63, 3.8) is 0 Å². The van der Waals surface area contributed by atoms with Gasteiger partial charge in [0.25, 0.3) is 0 Å². The molecule has 0 radical (unpaired) electrons. The van der Waals surface area contributed by atoms with Gasteiger partial charge in [-0.2, -0.15) is 4.31 Å². The molecule has 9 heteroatoms. The first-order chi connectivity index (χ1) is 13.0. The van der Waals surface area contributed by atoms with Crippen molar-refractivity contribution in [1.29, 1.82) is 0 Å². The Hall–Kier alpha value is -2.20. The molecule has 1 N–H and O–H groups in total. The Bertz CT molecular complexity index is 917. The molecule has 1 aromatic carbocycles. The maximum Gasteiger partial charge on any atom is 0.248 e. The van der Waals surface area contributed by atoms with Crippen LogP contribution in [0.15, 0.2) is 46.7 Å². The standard InChI is InChI=1S/C18H20N2O5S2/c1-24-17-6-5-15(27(22,23)20-8-10-25-11-9-20)13-16(17)19-18(21)7-4-14-3-2-12-26-14/h2-7,12-13H,8-11H2,1H3,(H,19,21)/b7-4+. The third kappa shape index (κ3) is 4.75. The highest BCUT2D eigenvalue weighted by molar-refractivity contribution is 7.89. The maximum atomic E-state index is 12.8. The fourth-order valence-electron chi connectivity index (χ4n) is 2.60. The zero-order valence-corrected chi connectivity index (χ0v) is 16.4. The van der Waals surface area contributed by atoms with E-state index in [4.69, 9.17) is 9.47 Å². The van der Waals surface area contributed by atoms with Crippen LogP contribution >= 0.6 is 11.3 Å². The number of methoxy groups -OCH3 is 1. The Kier molecular flexibility index (Phi) is 6.27. The molecule has 0 bridgehead atoms. The maximum absolute atomic E-state index is 12.8. The summed E-state index contributed by atoms with van der Waals surface area (Å²) in [6, 6.07) is 8.21. The third-order valence-corrected chi connectivity index (χ3v) is 6.71. The van der Waals surface area contributed by atoms with E-state index in [9.17, 15) is 13.2 Å². The van der Waals surface area contributed by atoms with Crippen LogP contribution in [0.2, 0.25) is 0 Å². The van der Waals surface area contributed by atoms with Gasteiger partial charge in [0.2, 0.25) is 15.9 Å². The number of anilines is 1. The van der Waals surface area contributed by atoms with Gasteiger partial charge in [-0.15, -0.1) is 11.3 Å². The normalized spacial score (nSPS) is 15.7. The molecular formula is C18H20N2O5S2. The molecule has 0 saturated carbocycles. The predicted octanol–water partition coefficient (Wildman–Crippen LogP) is 2.43. The molecule has 2 heterocycles. The zero-order valence-electron chi connectivity index (χ0n) is 14.8. The first-order valence-corrected chi connectivity index (χ1v) is 10.6. The summed E-state index contributed by atoms with van der Waals surface area (Å²) in [4.78, 5) is 13.3. The SMILES string of the molecule is COc1ccc(S(=O)(=O)N2CCOCC2)cc1NC(=O)/C=C/c1cccs1. The van der Waals surface area contributed by atoms with Crippen LogP contribution in [0.1, 0.15) is 4.88 Å². The number of morpholine rings is 1. The summed E-state index contributed by atoms with van der Waals surface area (Å²) in [6.07, 6.45) is 3.09. The second kappa shape index (κ2) is 8.66. The fourth-order valence-corrected chi connectivity index (χ4v) is 4.65. The van der Waals surface area contributed by atoms with Gasteiger partial charge in [0.1, 0.15) is 5.75 Å². The summed E-state index contributed by atoms with van der Waals surface area (Å²) in [5, 5.41) is 4.60. The number of ether oxygens (including phenoxy) is 2. The van der Waals surface area contributed by atoms with Gasteiger partial charge in [0, 0.05) is 24.0 Å². The lowest BCUT2D eigenvalue weighted by Crippen LogP contribution is -2.40. The summed E-state index contributed by atoms with van der Waals surface area (Å²) in [5.41, 5.74) is 0.299. The van der Waals surface area contributed by atoms with Crippen molar-refractivity contribution in [2.45, 2.75) is 4.90 Å². The van der Waals surface area contributed by atoms with Gasteiger partial charge in [0.05, 0.1) is 30.9 Å². The van der Waals surface area contributed by atoms with Crippen molar-refractivity contribution >= 4 is 39.0 Å². The van der Waals surface area contributed by atoms with Crippen LogP contribution < -0.4 is 10.1 Å². The second-order valence-electron chi connectivity index (χ2n) is 5.72. The molecule has 144 valence electrons. The number of sulfonamides is 1. The van der Waals surface area contributed by atoms with Crippen LogP contribution in [0, 0.1) is 0 Å². The number of hydrogen-bond donors (Lipinski definition) is 1. The van der Waals surface area contributed by atoms with Gasteiger partial charge < -0.3 is 14.8 Å². The lowest BCUT2D eigenvalue weighted by atomic mass is 10.3. The summed E-state index contributed by atoms with van der Waals surface area (Å²) < 4.78 is 37.5. The van der Waals surface area contributed by atoms with E-state index in [0.717, 1.165) is 4.88 Å². The predicted molar refractivity (Wildman–Crippen MR) is 105 cm³/mol. The quantitative estimate of drug-likeness (QED) is 0.742. The lowest BCUT2D eigenvalue weighted by Gasteiger charge is -2.26. The zero-order chi connectivity index (χ0) is 19.3. The number of carbonyl (C=O) groups excluding carboxylic acids is 1. The van der Waals surface area contributed by atoms with E-state index in [1.807, 2.05) is 17.5 Å². The summed E-state index contributed by atoms with van der Waals surface area (Å²) >= 11 is 1.51. The van der Waals surface area contributed by atoms with E-state index in [1.54, 1.807) is 6.08 Å². The van der Waals surface area contributed by atoms with Crippen molar-refractivity contribution in [2.75, 3.05) is 38.7 Å². The van der Waals surface area contributed by atoms with Gasteiger partial charge in [-0.3, -0.25) is 4.79 Å². The molecule has 1 fully saturated rings. The number of nitrogens with zero attached hydrogens (tertiary/aromatic N) is 1. The molecule has 0 aliphatic carbocycles. The minimum atomic E-state index is -3.66. The van der Waals surface area contributed by atoms with Crippen LogP contribution in [-0.4, -0.2) is 52.0 Å². The molecule has 0 atom stereocenters. The topological polar surface area (TPSA) is 84.9 Å². The Morgan fingerprint density at radius 3 is 2.74 bits per heavy atom. The smallest absolute Gasteiger partial charge is 0.248 e. The highest BCUT2D eigenvalue weighted by atomic mass is 32.2. The molecule has 1 amide bonds. The summed E-state index contributed by atoms with van der Waals surface area (Å²) in [7, 11) is -2.20. The number of benzene rings is 1. The van der Waals surface area contributed by atoms with E-state index in [1.165, 1.54) is 47.0 Å². The van der Waals surface area contributed by atoms with Gasteiger partial charge >= 0.3 is 0 Å². The van der Waals surface area contributed by atoms with Crippen LogP contribution in [0.25, 0.3) is 6.08 Å². The van der Waals surface area contributed by atoms with Gasteiger partial charge in [0.15, 0.2) is 0 Å².